The molecule has 0 aliphatic carbocycles. The predicted octanol–water partition coefficient (Wildman–Crippen LogP) is 4.77. The molecule has 1 aromatic heterocycles. The number of nitrogens with one attached hydrogen (secondary N) is 1. The van der Waals surface area contributed by atoms with Crippen LogP contribution in [0.15, 0.2) is 78.0 Å². The maximum atomic E-state index is 12.6. The van der Waals surface area contributed by atoms with Crippen molar-refractivity contribution in [1.29, 1.82) is 0 Å². The van der Waals surface area contributed by atoms with Crippen molar-refractivity contribution in [2.75, 3.05) is 25.3 Å². The molecule has 35 heavy (non-hydrogen) atoms. The van der Waals surface area contributed by atoms with Crippen LogP contribution in [0.5, 0.6) is 5.75 Å². The van der Waals surface area contributed by atoms with Gasteiger partial charge in [-0.3, -0.25) is 9.36 Å². The molecule has 8 nitrogen and oxygen atoms in total. The summed E-state index contributed by atoms with van der Waals surface area (Å²) in [6.45, 7) is 2.03. The van der Waals surface area contributed by atoms with E-state index in [1.807, 2.05) is 60.0 Å². The zero-order valence-corrected chi connectivity index (χ0v) is 20.3. The van der Waals surface area contributed by atoms with E-state index in [0.29, 0.717) is 22.2 Å². The number of aromatic nitrogens is 3. The molecule has 0 atom stereocenters. The summed E-state index contributed by atoms with van der Waals surface area (Å²) in [5.74, 6) is 0.913. The third kappa shape index (κ3) is 5.70. The first-order chi connectivity index (χ1) is 17.0. The molecule has 0 aliphatic heterocycles. The third-order valence-electron chi connectivity index (χ3n) is 5.20. The highest BCUT2D eigenvalue weighted by atomic mass is 32.2. The molecule has 4 aromatic rings. The lowest BCUT2D eigenvalue weighted by atomic mass is 10.2. The van der Waals surface area contributed by atoms with Crippen LogP contribution in [0.1, 0.15) is 15.9 Å². The van der Waals surface area contributed by atoms with Crippen molar-refractivity contribution in [2.24, 2.45) is 0 Å². The van der Waals surface area contributed by atoms with E-state index in [1.54, 1.807) is 31.4 Å². The van der Waals surface area contributed by atoms with Crippen LogP contribution in [0.25, 0.3) is 17.1 Å². The Morgan fingerprint density at radius 2 is 1.60 bits per heavy atom. The van der Waals surface area contributed by atoms with Gasteiger partial charge in [-0.1, -0.05) is 29.5 Å². The minimum atomic E-state index is -0.429. The molecule has 0 aliphatic rings. The van der Waals surface area contributed by atoms with Crippen molar-refractivity contribution < 1.29 is 19.1 Å². The zero-order chi connectivity index (χ0) is 24.8. The maximum Gasteiger partial charge on any atom is 0.337 e. The van der Waals surface area contributed by atoms with Gasteiger partial charge in [-0.25, -0.2) is 4.79 Å². The third-order valence-corrected chi connectivity index (χ3v) is 6.12. The van der Waals surface area contributed by atoms with Crippen molar-refractivity contribution in [3.63, 3.8) is 0 Å². The monoisotopic (exact) mass is 488 g/mol. The van der Waals surface area contributed by atoms with Gasteiger partial charge in [0.1, 0.15) is 5.75 Å². The van der Waals surface area contributed by atoms with Gasteiger partial charge in [0.2, 0.25) is 5.91 Å². The van der Waals surface area contributed by atoms with Crippen molar-refractivity contribution in [1.82, 2.24) is 14.8 Å². The van der Waals surface area contributed by atoms with Gasteiger partial charge in [0.15, 0.2) is 11.0 Å². The highest BCUT2D eigenvalue weighted by molar-refractivity contribution is 7.99. The number of rotatable bonds is 8. The molecule has 0 fully saturated rings. The molecule has 1 N–H and O–H groups in total. The molecule has 0 radical (unpaired) electrons. The molecule has 0 spiro atoms. The molecule has 4 rings (SSSR count). The number of ether oxygens (including phenoxy) is 2. The number of hydrogen-bond donors (Lipinski definition) is 1. The number of aryl methyl sites for hydroxylation is 1. The summed E-state index contributed by atoms with van der Waals surface area (Å²) in [6, 6.07) is 22.1. The molecule has 3 aromatic carbocycles. The van der Waals surface area contributed by atoms with E-state index in [9.17, 15) is 9.59 Å². The fourth-order valence-electron chi connectivity index (χ4n) is 3.35. The quantitative estimate of drug-likeness (QED) is 0.282. The van der Waals surface area contributed by atoms with Crippen LogP contribution in [0.4, 0.5) is 5.69 Å². The second-order valence-corrected chi connectivity index (χ2v) is 8.55. The van der Waals surface area contributed by atoms with Crippen molar-refractivity contribution in [3.05, 3.63) is 83.9 Å². The van der Waals surface area contributed by atoms with E-state index in [0.717, 1.165) is 22.6 Å². The number of benzene rings is 3. The van der Waals surface area contributed by atoms with E-state index in [2.05, 4.69) is 15.5 Å². The van der Waals surface area contributed by atoms with E-state index >= 15 is 0 Å². The Kier molecular flexibility index (Phi) is 7.47. The highest BCUT2D eigenvalue weighted by Crippen LogP contribution is 2.29. The fraction of sp³-hybridized carbons (Fsp3) is 0.154. The fourth-order valence-corrected chi connectivity index (χ4v) is 4.10. The van der Waals surface area contributed by atoms with Gasteiger partial charge in [-0.2, -0.15) is 0 Å². The molecule has 178 valence electrons. The molecule has 9 heteroatoms. The van der Waals surface area contributed by atoms with Crippen LogP contribution in [0, 0.1) is 6.92 Å². The number of thioether (sulfide) groups is 1. The number of methoxy groups -OCH3 is 2. The Morgan fingerprint density at radius 1 is 0.914 bits per heavy atom. The van der Waals surface area contributed by atoms with Gasteiger partial charge in [0.25, 0.3) is 0 Å². The summed E-state index contributed by atoms with van der Waals surface area (Å²) in [7, 11) is 2.95. The Hall–Kier alpha value is -4.11. The smallest absolute Gasteiger partial charge is 0.337 e. The molecule has 1 heterocycles. The van der Waals surface area contributed by atoms with Gasteiger partial charge < -0.3 is 14.8 Å². The average molecular weight is 489 g/mol. The minimum absolute atomic E-state index is 0.130. The van der Waals surface area contributed by atoms with Gasteiger partial charge >= 0.3 is 5.97 Å². The molecule has 1 amide bonds. The van der Waals surface area contributed by atoms with Gasteiger partial charge in [-0.05, 0) is 67.6 Å². The van der Waals surface area contributed by atoms with Crippen LogP contribution < -0.4 is 10.1 Å². The van der Waals surface area contributed by atoms with Crippen LogP contribution in [-0.2, 0) is 9.53 Å². The number of nitrogens with zero attached hydrogens (tertiary/aromatic N) is 3. The van der Waals surface area contributed by atoms with Gasteiger partial charge in [0.05, 0.1) is 25.5 Å². The zero-order valence-electron chi connectivity index (χ0n) is 19.5. The predicted molar refractivity (Wildman–Crippen MR) is 135 cm³/mol. The Bertz CT molecular complexity index is 1320. The SMILES string of the molecule is COC(=O)c1ccc(NC(=O)CSc2nnc(-c3ccc(OC)cc3)n2-c2ccc(C)cc2)cc1. The van der Waals surface area contributed by atoms with Crippen molar-refractivity contribution in [3.8, 4) is 22.8 Å². The van der Waals surface area contributed by atoms with Gasteiger partial charge in [-0.15, -0.1) is 10.2 Å². The number of carbonyl (C=O) groups excluding carboxylic acids is 2. The average Bonchev–Trinajstić information content (AvgIpc) is 3.32. The lowest BCUT2D eigenvalue weighted by Gasteiger charge is -2.11. The first kappa shape index (κ1) is 24.0. The number of esters is 1. The first-order valence-corrected chi connectivity index (χ1v) is 11.7. The van der Waals surface area contributed by atoms with Gasteiger partial charge in [0, 0.05) is 16.9 Å². The van der Waals surface area contributed by atoms with Crippen molar-refractivity contribution >= 4 is 29.3 Å². The lowest BCUT2D eigenvalue weighted by Crippen LogP contribution is -2.14. The number of hydrogen-bond acceptors (Lipinski definition) is 7. The van der Waals surface area contributed by atoms with E-state index in [4.69, 9.17) is 9.47 Å². The van der Waals surface area contributed by atoms with Crippen LogP contribution in [0.2, 0.25) is 0 Å². The van der Waals surface area contributed by atoms with E-state index in [-0.39, 0.29) is 11.7 Å². The summed E-state index contributed by atoms with van der Waals surface area (Å²) < 4.78 is 11.9. The maximum absolute atomic E-state index is 12.6. The summed E-state index contributed by atoms with van der Waals surface area (Å²) >= 11 is 1.29. The minimum Gasteiger partial charge on any atom is -0.497 e. The topological polar surface area (TPSA) is 95.3 Å². The Labute approximate surface area is 207 Å². The first-order valence-electron chi connectivity index (χ1n) is 10.8. The molecule has 0 bridgehead atoms. The molecular formula is C26H24N4O4S. The summed E-state index contributed by atoms with van der Waals surface area (Å²) in [4.78, 5) is 24.2. The second kappa shape index (κ2) is 10.9. The van der Waals surface area contributed by atoms with E-state index in [1.165, 1.54) is 18.9 Å². The number of amides is 1. The van der Waals surface area contributed by atoms with Crippen LogP contribution >= 0.6 is 11.8 Å². The lowest BCUT2D eigenvalue weighted by molar-refractivity contribution is -0.113. The molecule has 0 saturated carbocycles. The summed E-state index contributed by atoms with van der Waals surface area (Å²) in [5.41, 5.74) is 3.91. The molecule has 0 unspecified atom stereocenters. The molecule has 0 saturated heterocycles. The number of carbonyl (C=O) groups is 2. The molecular weight excluding hydrogens is 464 g/mol. The second-order valence-electron chi connectivity index (χ2n) is 7.61. The van der Waals surface area contributed by atoms with Crippen LogP contribution in [0.3, 0.4) is 0 Å². The normalized spacial score (nSPS) is 10.6. The summed E-state index contributed by atoms with van der Waals surface area (Å²) in [5, 5.41) is 12.2. The summed E-state index contributed by atoms with van der Waals surface area (Å²) in [6.07, 6.45) is 0. The standard InChI is InChI=1S/C26H24N4O4S/c1-17-4-12-21(13-5-17)30-24(18-8-14-22(33-2)15-9-18)28-29-26(30)35-16-23(31)27-20-10-6-19(7-11-20)25(32)34-3/h4-15H,16H2,1-3H3,(H,27,31). The van der Waals surface area contributed by atoms with E-state index < -0.39 is 5.97 Å². The van der Waals surface area contributed by atoms with Crippen molar-refractivity contribution in [2.45, 2.75) is 12.1 Å². The highest BCUT2D eigenvalue weighted by Gasteiger charge is 2.18. The Balaban J connectivity index is 1.53. The Morgan fingerprint density at radius 3 is 2.23 bits per heavy atom. The largest absolute Gasteiger partial charge is 0.497 e. The van der Waals surface area contributed by atoms with Crippen LogP contribution in [-0.4, -0.2) is 46.6 Å². The number of anilines is 1.